The van der Waals surface area contributed by atoms with Crippen molar-refractivity contribution in [1.82, 2.24) is 10.5 Å². The number of carbonyl (C=O) groups is 1. The molecular weight excluding hydrogens is 230 g/mol. The summed E-state index contributed by atoms with van der Waals surface area (Å²) in [5, 5.41) is 6.91. The van der Waals surface area contributed by atoms with Crippen molar-refractivity contribution in [2.45, 2.75) is 6.92 Å². The van der Waals surface area contributed by atoms with Gasteiger partial charge in [0.05, 0.1) is 6.54 Å². The SMILES string of the molecule is Cc1cc(OCC(=O)NC2=NCCS2)no1. The molecule has 1 aliphatic heterocycles. The molecule has 1 N–H and O–H groups in total. The second-order valence-electron chi connectivity index (χ2n) is 3.15. The lowest BCUT2D eigenvalue weighted by Gasteiger charge is -2.03. The van der Waals surface area contributed by atoms with Crippen molar-refractivity contribution in [3.8, 4) is 5.88 Å². The van der Waals surface area contributed by atoms with Gasteiger partial charge < -0.3 is 14.6 Å². The Bertz CT molecular complexity index is 416. The van der Waals surface area contributed by atoms with E-state index in [1.807, 2.05) is 0 Å². The fourth-order valence-corrected chi connectivity index (χ4v) is 1.86. The third-order valence-corrected chi connectivity index (χ3v) is 2.68. The van der Waals surface area contributed by atoms with E-state index in [0.717, 1.165) is 12.3 Å². The minimum Gasteiger partial charge on any atom is -0.465 e. The molecule has 1 aliphatic rings. The van der Waals surface area contributed by atoms with Gasteiger partial charge in [0.1, 0.15) is 5.76 Å². The Morgan fingerprint density at radius 3 is 3.25 bits per heavy atom. The fraction of sp³-hybridized carbons (Fsp3) is 0.444. The van der Waals surface area contributed by atoms with Crippen molar-refractivity contribution >= 4 is 22.8 Å². The maximum Gasteiger partial charge on any atom is 0.263 e. The van der Waals surface area contributed by atoms with Gasteiger partial charge in [-0.25, -0.2) is 0 Å². The van der Waals surface area contributed by atoms with Gasteiger partial charge in [0.25, 0.3) is 11.8 Å². The van der Waals surface area contributed by atoms with E-state index in [4.69, 9.17) is 9.26 Å². The van der Waals surface area contributed by atoms with Crippen LogP contribution in [0.25, 0.3) is 0 Å². The molecule has 0 fully saturated rings. The molecule has 0 aromatic carbocycles. The topological polar surface area (TPSA) is 76.7 Å². The number of hydrogen-bond donors (Lipinski definition) is 1. The lowest BCUT2D eigenvalue weighted by atomic mass is 10.5. The highest BCUT2D eigenvalue weighted by Gasteiger charge is 2.11. The van der Waals surface area contributed by atoms with E-state index in [2.05, 4.69) is 15.5 Å². The number of hydrogen-bond acceptors (Lipinski definition) is 6. The number of amides is 1. The Morgan fingerprint density at radius 2 is 2.62 bits per heavy atom. The van der Waals surface area contributed by atoms with Crippen molar-refractivity contribution in [3.05, 3.63) is 11.8 Å². The third kappa shape index (κ3) is 2.99. The second-order valence-corrected chi connectivity index (χ2v) is 4.23. The number of rotatable bonds is 3. The number of carbonyl (C=O) groups excluding carboxylic acids is 1. The minimum atomic E-state index is -0.242. The van der Waals surface area contributed by atoms with Gasteiger partial charge in [0.15, 0.2) is 11.8 Å². The monoisotopic (exact) mass is 241 g/mol. The molecule has 1 amide bonds. The highest BCUT2D eigenvalue weighted by atomic mass is 32.2. The van der Waals surface area contributed by atoms with Gasteiger partial charge in [0.2, 0.25) is 0 Å². The van der Waals surface area contributed by atoms with E-state index in [9.17, 15) is 4.79 Å². The molecule has 0 bridgehead atoms. The molecule has 86 valence electrons. The molecule has 0 aliphatic carbocycles. The fourth-order valence-electron chi connectivity index (χ4n) is 1.12. The van der Waals surface area contributed by atoms with Crippen molar-refractivity contribution in [3.63, 3.8) is 0 Å². The normalized spacial score (nSPS) is 14.7. The lowest BCUT2D eigenvalue weighted by molar-refractivity contribution is -0.121. The van der Waals surface area contributed by atoms with Crippen molar-refractivity contribution in [2.24, 2.45) is 4.99 Å². The molecule has 0 spiro atoms. The van der Waals surface area contributed by atoms with Crippen LogP contribution in [0.4, 0.5) is 0 Å². The number of nitrogens with zero attached hydrogens (tertiary/aromatic N) is 2. The van der Waals surface area contributed by atoms with Crippen LogP contribution < -0.4 is 10.1 Å². The smallest absolute Gasteiger partial charge is 0.263 e. The molecule has 2 heterocycles. The van der Waals surface area contributed by atoms with Gasteiger partial charge in [-0.2, -0.15) is 0 Å². The first-order valence-electron chi connectivity index (χ1n) is 4.77. The standard InChI is InChI=1S/C9H11N3O3S/c1-6-4-8(12-15-6)14-5-7(13)11-9-10-2-3-16-9/h4H,2-3,5H2,1H3,(H,10,11,13). The predicted molar refractivity (Wildman–Crippen MR) is 59.6 cm³/mol. The average molecular weight is 241 g/mol. The van der Waals surface area contributed by atoms with E-state index in [0.29, 0.717) is 16.8 Å². The van der Waals surface area contributed by atoms with Crippen LogP contribution in [0.2, 0.25) is 0 Å². The zero-order valence-electron chi connectivity index (χ0n) is 8.73. The first-order chi connectivity index (χ1) is 7.74. The van der Waals surface area contributed by atoms with Crippen molar-refractivity contribution in [1.29, 1.82) is 0 Å². The maximum absolute atomic E-state index is 11.4. The Labute approximate surface area is 96.4 Å². The summed E-state index contributed by atoms with van der Waals surface area (Å²) in [5.74, 6) is 1.63. The summed E-state index contributed by atoms with van der Waals surface area (Å²) in [6, 6.07) is 1.62. The predicted octanol–water partition coefficient (Wildman–Crippen LogP) is 0.581. The minimum absolute atomic E-state index is 0.0917. The maximum atomic E-state index is 11.4. The molecule has 1 aromatic heterocycles. The first kappa shape index (κ1) is 11.0. The highest BCUT2D eigenvalue weighted by Crippen LogP contribution is 2.10. The zero-order chi connectivity index (χ0) is 11.4. The Morgan fingerprint density at radius 1 is 1.75 bits per heavy atom. The van der Waals surface area contributed by atoms with E-state index in [1.54, 1.807) is 13.0 Å². The highest BCUT2D eigenvalue weighted by molar-refractivity contribution is 8.14. The number of thioether (sulfide) groups is 1. The largest absolute Gasteiger partial charge is 0.465 e. The summed E-state index contributed by atoms with van der Waals surface area (Å²) in [4.78, 5) is 15.5. The molecule has 0 atom stereocenters. The number of aliphatic imine (C=N–C) groups is 1. The molecule has 0 unspecified atom stereocenters. The van der Waals surface area contributed by atoms with Crippen LogP contribution in [-0.2, 0) is 4.79 Å². The molecule has 1 aromatic rings. The van der Waals surface area contributed by atoms with E-state index in [1.165, 1.54) is 11.8 Å². The molecule has 6 nitrogen and oxygen atoms in total. The summed E-state index contributed by atoms with van der Waals surface area (Å²) in [6.45, 7) is 2.42. The molecule has 0 radical (unpaired) electrons. The summed E-state index contributed by atoms with van der Waals surface area (Å²) in [6.07, 6.45) is 0. The molecule has 16 heavy (non-hydrogen) atoms. The number of ether oxygens (including phenoxy) is 1. The number of nitrogens with one attached hydrogen (secondary N) is 1. The van der Waals surface area contributed by atoms with Crippen LogP contribution in [0.15, 0.2) is 15.6 Å². The van der Waals surface area contributed by atoms with Gasteiger partial charge in [0, 0.05) is 11.8 Å². The Kier molecular flexibility index (Phi) is 3.45. The van der Waals surface area contributed by atoms with Crippen LogP contribution in [0.5, 0.6) is 5.88 Å². The zero-order valence-corrected chi connectivity index (χ0v) is 9.54. The quantitative estimate of drug-likeness (QED) is 0.837. The van der Waals surface area contributed by atoms with Gasteiger partial charge >= 0.3 is 0 Å². The van der Waals surface area contributed by atoms with Gasteiger partial charge in [-0.05, 0) is 12.1 Å². The van der Waals surface area contributed by atoms with E-state index >= 15 is 0 Å². The van der Waals surface area contributed by atoms with Crippen molar-refractivity contribution in [2.75, 3.05) is 18.9 Å². The molecule has 0 saturated heterocycles. The summed E-state index contributed by atoms with van der Waals surface area (Å²) < 4.78 is 9.91. The summed E-state index contributed by atoms with van der Waals surface area (Å²) in [7, 11) is 0. The van der Waals surface area contributed by atoms with Gasteiger partial charge in [-0.15, -0.1) is 0 Å². The van der Waals surface area contributed by atoms with E-state index < -0.39 is 0 Å². The lowest BCUT2D eigenvalue weighted by Crippen LogP contribution is -2.32. The number of aromatic nitrogens is 1. The van der Waals surface area contributed by atoms with Crippen LogP contribution >= 0.6 is 11.8 Å². The number of aryl methyl sites for hydroxylation is 1. The van der Waals surface area contributed by atoms with Crippen LogP contribution in [0, 0.1) is 6.92 Å². The third-order valence-electron chi connectivity index (χ3n) is 1.79. The summed E-state index contributed by atoms with van der Waals surface area (Å²) in [5.41, 5.74) is 0. The summed E-state index contributed by atoms with van der Waals surface area (Å²) >= 11 is 1.52. The molecular formula is C9H11N3O3S. The van der Waals surface area contributed by atoms with Crippen molar-refractivity contribution < 1.29 is 14.1 Å². The Hall–Kier alpha value is -1.50. The molecule has 7 heteroatoms. The van der Waals surface area contributed by atoms with Crippen LogP contribution in [-0.4, -0.2) is 35.1 Å². The molecule has 0 saturated carbocycles. The van der Waals surface area contributed by atoms with Gasteiger partial charge in [-0.3, -0.25) is 9.79 Å². The van der Waals surface area contributed by atoms with E-state index in [-0.39, 0.29) is 12.5 Å². The van der Waals surface area contributed by atoms with Gasteiger partial charge in [-0.1, -0.05) is 11.8 Å². The average Bonchev–Trinajstić information content (AvgIpc) is 2.87. The second kappa shape index (κ2) is 5.02. The van der Waals surface area contributed by atoms with Crippen LogP contribution in [0.1, 0.15) is 5.76 Å². The first-order valence-corrected chi connectivity index (χ1v) is 5.76. The Balaban J connectivity index is 1.75. The van der Waals surface area contributed by atoms with Crippen LogP contribution in [0.3, 0.4) is 0 Å². The molecule has 2 rings (SSSR count). The number of amidine groups is 1.